The van der Waals surface area contributed by atoms with Crippen LogP contribution in [0.4, 0.5) is 0 Å². The van der Waals surface area contributed by atoms with Gasteiger partial charge in [-0.3, -0.25) is 9.32 Å². The first-order valence-corrected chi connectivity index (χ1v) is 19.1. The number of benzene rings is 3. The molecular formula is C39H57N2O6P. The number of ether oxygens (including phenoxy) is 1. The van der Waals surface area contributed by atoms with Gasteiger partial charge in [0, 0.05) is 0 Å². The molecule has 0 heterocycles. The summed E-state index contributed by atoms with van der Waals surface area (Å²) in [6.07, 6.45) is 10.7. The van der Waals surface area contributed by atoms with Crippen molar-refractivity contribution in [2.75, 3.05) is 13.2 Å². The average molecular weight is 681 g/mol. The summed E-state index contributed by atoms with van der Waals surface area (Å²) in [6.45, 7) is 5.78. The predicted molar refractivity (Wildman–Crippen MR) is 194 cm³/mol. The van der Waals surface area contributed by atoms with Crippen LogP contribution in [0.3, 0.4) is 0 Å². The zero-order valence-corrected chi connectivity index (χ0v) is 30.0. The Hall–Kier alpha value is -3.00. The van der Waals surface area contributed by atoms with Gasteiger partial charge in [-0.15, -0.1) is 0 Å². The Morgan fingerprint density at radius 1 is 0.833 bits per heavy atom. The lowest BCUT2D eigenvalue weighted by molar-refractivity contribution is -0.147. The van der Waals surface area contributed by atoms with Gasteiger partial charge in [-0.2, -0.15) is 5.09 Å². The maximum absolute atomic E-state index is 14.4. The highest BCUT2D eigenvalue weighted by atomic mass is 31.2. The van der Waals surface area contributed by atoms with E-state index < -0.39 is 25.3 Å². The Morgan fingerprint density at radius 3 is 2.06 bits per heavy atom. The fourth-order valence-corrected chi connectivity index (χ4v) is 6.87. The number of carbonyl (C=O) groups excluding carboxylic acids is 1. The molecule has 4 N–H and O–H groups in total. The highest BCUT2D eigenvalue weighted by molar-refractivity contribution is 7.52. The van der Waals surface area contributed by atoms with Crippen molar-refractivity contribution in [2.24, 2.45) is 11.7 Å². The number of unbranched alkanes of at least 4 members (excludes halogenated alkanes) is 5. The molecule has 9 heteroatoms. The molecule has 0 aromatic heterocycles. The second-order valence-electron chi connectivity index (χ2n) is 13.3. The maximum Gasteiger partial charge on any atom is 0.459 e. The second kappa shape index (κ2) is 21.2. The van der Waals surface area contributed by atoms with Crippen molar-refractivity contribution < 1.29 is 28.3 Å². The normalized spacial score (nSPS) is 14.6. The molecule has 0 bridgehead atoms. The van der Waals surface area contributed by atoms with E-state index in [0.29, 0.717) is 37.4 Å². The molecule has 0 amide bonds. The highest BCUT2D eigenvalue weighted by Gasteiger charge is 2.37. The summed E-state index contributed by atoms with van der Waals surface area (Å²) in [6, 6.07) is 25.6. The van der Waals surface area contributed by atoms with Crippen molar-refractivity contribution in [3.05, 3.63) is 102 Å². The molecular weight excluding hydrogens is 623 g/mol. The number of hydrogen-bond acceptors (Lipinski definition) is 7. The molecule has 48 heavy (non-hydrogen) atoms. The minimum atomic E-state index is -4.18. The van der Waals surface area contributed by atoms with E-state index in [1.165, 1.54) is 44.1 Å². The van der Waals surface area contributed by atoms with Crippen molar-refractivity contribution in [1.82, 2.24) is 5.09 Å². The number of aliphatic hydroxyl groups is 1. The Balaban J connectivity index is 1.66. The van der Waals surface area contributed by atoms with Gasteiger partial charge in [-0.05, 0) is 73.3 Å². The molecule has 0 aliphatic heterocycles. The van der Waals surface area contributed by atoms with Crippen LogP contribution in [0.15, 0.2) is 84.9 Å². The maximum atomic E-state index is 14.4. The fourth-order valence-electron chi connectivity index (χ4n) is 5.25. The van der Waals surface area contributed by atoms with Crippen LogP contribution in [-0.2, 0) is 38.1 Å². The zero-order valence-electron chi connectivity index (χ0n) is 29.2. The van der Waals surface area contributed by atoms with E-state index in [1.807, 2.05) is 36.4 Å². The third-order valence-electron chi connectivity index (χ3n) is 8.41. The first-order valence-electron chi connectivity index (χ1n) is 17.6. The molecule has 0 aliphatic carbocycles. The Kier molecular flexibility index (Phi) is 17.4. The van der Waals surface area contributed by atoms with Gasteiger partial charge in [0.15, 0.2) is 0 Å². The lowest BCUT2D eigenvalue weighted by Gasteiger charge is -2.31. The molecule has 3 aromatic carbocycles. The molecule has 0 radical (unpaired) electrons. The summed E-state index contributed by atoms with van der Waals surface area (Å²) in [5, 5.41) is 13.2. The molecule has 8 nitrogen and oxygen atoms in total. The quantitative estimate of drug-likeness (QED) is 0.0489. The topological polar surface area (TPSA) is 120 Å². The second-order valence-corrected chi connectivity index (χ2v) is 15.0. The molecule has 264 valence electrons. The van der Waals surface area contributed by atoms with Gasteiger partial charge >= 0.3 is 13.7 Å². The van der Waals surface area contributed by atoms with Crippen molar-refractivity contribution in [1.29, 1.82) is 0 Å². The molecule has 0 saturated heterocycles. The van der Waals surface area contributed by atoms with Gasteiger partial charge in [0.2, 0.25) is 0 Å². The number of para-hydroxylation sites is 1. The number of carbonyl (C=O) groups is 1. The predicted octanol–water partition coefficient (Wildman–Crippen LogP) is 8.55. The van der Waals surface area contributed by atoms with Crippen LogP contribution < -0.4 is 15.3 Å². The van der Waals surface area contributed by atoms with Crippen molar-refractivity contribution in [2.45, 2.75) is 110 Å². The van der Waals surface area contributed by atoms with E-state index in [0.717, 1.165) is 17.5 Å². The van der Waals surface area contributed by atoms with Crippen LogP contribution in [0, 0.1) is 5.92 Å². The van der Waals surface area contributed by atoms with E-state index >= 15 is 0 Å². The van der Waals surface area contributed by atoms with Gasteiger partial charge < -0.3 is 20.1 Å². The van der Waals surface area contributed by atoms with Crippen molar-refractivity contribution in [3.8, 4) is 5.75 Å². The van der Waals surface area contributed by atoms with Crippen molar-refractivity contribution in [3.63, 3.8) is 0 Å². The monoisotopic (exact) mass is 680 g/mol. The van der Waals surface area contributed by atoms with Crippen LogP contribution in [0.25, 0.3) is 0 Å². The van der Waals surface area contributed by atoms with Gasteiger partial charge in [0.25, 0.3) is 0 Å². The van der Waals surface area contributed by atoms with Crippen LogP contribution in [0.2, 0.25) is 0 Å². The number of hydrogen-bond donors (Lipinski definition) is 3. The molecule has 0 fully saturated rings. The van der Waals surface area contributed by atoms with Crippen LogP contribution >= 0.6 is 7.75 Å². The van der Waals surface area contributed by atoms with E-state index in [2.05, 4.69) is 50.1 Å². The molecule has 2 unspecified atom stereocenters. The Labute approximate surface area is 288 Å². The first-order chi connectivity index (χ1) is 23.1. The minimum absolute atomic E-state index is 0.0840. The number of esters is 1. The summed E-state index contributed by atoms with van der Waals surface area (Å²) in [7, 11) is -4.18. The fraction of sp³-hybridized carbons (Fsp3) is 0.513. The minimum Gasteiger partial charge on any atom is -0.460 e. The van der Waals surface area contributed by atoms with E-state index in [4.69, 9.17) is 19.5 Å². The molecule has 3 rings (SSSR count). The number of nitrogens with one attached hydrogen (secondary N) is 1. The average Bonchev–Trinajstić information content (AvgIpc) is 3.10. The molecule has 0 saturated carbocycles. The van der Waals surface area contributed by atoms with Gasteiger partial charge in [0.05, 0.1) is 18.8 Å². The summed E-state index contributed by atoms with van der Waals surface area (Å²) in [5.41, 5.74) is 8.68. The standard InChI is InChI=1S/C39H57N2O6P/c1-4-5-6-7-8-11-16-33-22-24-34(25-23-33)27-28-39(40,30-42)31-46-48(44,47-36-19-14-10-15-20-36)41-37(26-21-32(2)3)38(43)45-29-35-17-12-9-13-18-35/h9-10,12-15,17-20,22-25,32,37,42H,4-8,11,16,21,26-31,40H2,1-3H3,(H,41,44)/t37-,39?,48?/m0/s1. The van der Waals surface area contributed by atoms with E-state index in [9.17, 15) is 14.5 Å². The number of nitrogens with two attached hydrogens (primary N) is 1. The zero-order chi connectivity index (χ0) is 34.7. The number of aryl methyl sites for hydroxylation is 2. The summed E-state index contributed by atoms with van der Waals surface area (Å²) >= 11 is 0. The van der Waals surface area contributed by atoms with Crippen LogP contribution in [0.1, 0.15) is 95.2 Å². The Morgan fingerprint density at radius 2 is 1.44 bits per heavy atom. The number of rotatable bonds is 24. The SMILES string of the molecule is CCCCCCCCc1ccc(CCC(N)(CO)COP(=O)(N[C@@H](CCC(C)C)C(=O)OCc2ccccc2)Oc2ccccc2)cc1. The molecule has 3 atom stereocenters. The van der Waals surface area contributed by atoms with Gasteiger partial charge in [-0.1, -0.05) is 126 Å². The first kappa shape index (κ1) is 39.4. The van der Waals surface area contributed by atoms with Crippen LogP contribution in [0.5, 0.6) is 5.75 Å². The summed E-state index contributed by atoms with van der Waals surface area (Å²) in [5.74, 6) is 0.0460. The third-order valence-corrected chi connectivity index (χ3v) is 9.96. The highest BCUT2D eigenvalue weighted by Crippen LogP contribution is 2.46. The Bertz CT molecular complexity index is 1360. The lowest BCUT2D eigenvalue weighted by Crippen LogP contribution is -2.49. The largest absolute Gasteiger partial charge is 0.460 e. The van der Waals surface area contributed by atoms with Gasteiger partial charge in [0.1, 0.15) is 18.4 Å². The van der Waals surface area contributed by atoms with E-state index in [1.54, 1.807) is 24.3 Å². The number of aliphatic hydroxyl groups excluding tert-OH is 1. The molecule has 3 aromatic rings. The van der Waals surface area contributed by atoms with Gasteiger partial charge in [-0.25, -0.2) is 4.57 Å². The molecule has 0 aliphatic rings. The summed E-state index contributed by atoms with van der Waals surface area (Å²) in [4.78, 5) is 13.3. The smallest absolute Gasteiger partial charge is 0.459 e. The van der Waals surface area contributed by atoms with Crippen molar-refractivity contribution >= 4 is 13.7 Å². The third kappa shape index (κ3) is 15.0. The summed E-state index contributed by atoms with van der Waals surface area (Å²) < 4.78 is 31.8. The van der Waals surface area contributed by atoms with Crippen LogP contribution in [-0.4, -0.2) is 35.9 Å². The molecule has 0 spiro atoms. The van der Waals surface area contributed by atoms with E-state index in [-0.39, 0.29) is 19.8 Å². The lowest BCUT2D eigenvalue weighted by atomic mass is 9.93.